The van der Waals surface area contributed by atoms with Crippen LogP contribution in [0.1, 0.15) is 12.6 Å². The van der Waals surface area contributed by atoms with Gasteiger partial charge in [0.1, 0.15) is 0 Å². The standard InChI is InChI=1S/C12H19N3O/c1-10-7-15(9-12(6-13)16-10)8-11-4-2-3-5-14-11/h2-5,10,12H,6-9,13H2,1H3. The fourth-order valence-corrected chi connectivity index (χ4v) is 2.12. The molecule has 2 N–H and O–H groups in total. The van der Waals surface area contributed by atoms with Gasteiger partial charge in [-0.25, -0.2) is 0 Å². The second kappa shape index (κ2) is 5.39. The van der Waals surface area contributed by atoms with Gasteiger partial charge in [-0.05, 0) is 19.1 Å². The number of rotatable bonds is 3. The number of aromatic nitrogens is 1. The highest BCUT2D eigenvalue weighted by atomic mass is 16.5. The highest BCUT2D eigenvalue weighted by Gasteiger charge is 2.24. The first kappa shape index (κ1) is 11.5. The third-order valence-corrected chi connectivity index (χ3v) is 2.78. The van der Waals surface area contributed by atoms with Crippen LogP contribution in [0.2, 0.25) is 0 Å². The molecule has 16 heavy (non-hydrogen) atoms. The van der Waals surface area contributed by atoms with Gasteiger partial charge >= 0.3 is 0 Å². The average molecular weight is 221 g/mol. The van der Waals surface area contributed by atoms with E-state index in [4.69, 9.17) is 10.5 Å². The van der Waals surface area contributed by atoms with E-state index >= 15 is 0 Å². The molecule has 1 aliphatic heterocycles. The zero-order valence-electron chi connectivity index (χ0n) is 9.67. The molecule has 1 saturated heterocycles. The van der Waals surface area contributed by atoms with Gasteiger partial charge in [-0.3, -0.25) is 9.88 Å². The van der Waals surface area contributed by atoms with Gasteiger partial charge in [0, 0.05) is 32.4 Å². The summed E-state index contributed by atoms with van der Waals surface area (Å²) in [5.41, 5.74) is 6.76. The lowest BCUT2D eigenvalue weighted by Gasteiger charge is -2.36. The number of hydrogen-bond donors (Lipinski definition) is 1. The van der Waals surface area contributed by atoms with Crippen molar-refractivity contribution < 1.29 is 4.74 Å². The normalized spacial score (nSPS) is 26.9. The molecule has 0 aliphatic carbocycles. The Kier molecular flexibility index (Phi) is 3.88. The summed E-state index contributed by atoms with van der Waals surface area (Å²) < 4.78 is 5.72. The summed E-state index contributed by atoms with van der Waals surface area (Å²) in [5, 5.41) is 0. The van der Waals surface area contributed by atoms with Crippen molar-refractivity contribution in [1.29, 1.82) is 0 Å². The van der Waals surface area contributed by atoms with Crippen LogP contribution in [0.3, 0.4) is 0 Å². The lowest BCUT2D eigenvalue weighted by Crippen LogP contribution is -2.48. The second-order valence-electron chi connectivity index (χ2n) is 4.32. The SMILES string of the molecule is CC1CN(Cc2ccccn2)CC(CN)O1. The lowest BCUT2D eigenvalue weighted by atomic mass is 10.2. The summed E-state index contributed by atoms with van der Waals surface area (Å²) in [5.74, 6) is 0. The van der Waals surface area contributed by atoms with E-state index in [-0.39, 0.29) is 12.2 Å². The molecule has 0 aromatic carbocycles. The molecule has 1 aromatic rings. The summed E-state index contributed by atoms with van der Waals surface area (Å²) in [6.07, 6.45) is 2.25. The molecule has 0 bridgehead atoms. The Labute approximate surface area is 96.4 Å². The number of hydrogen-bond acceptors (Lipinski definition) is 4. The van der Waals surface area contributed by atoms with Crippen LogP contribution in [0.25, 0.3) is 0 Å². The molecule has 2 unspecified atom stereocenters. The molecule has 4 heteroatoms. The van der Waals surface area contributed by atoms with Crippen molar-refractivity contribution in [3.05, 3.63) is 30.1 Å². The molecule has 2 rings (SSSR count). The van der Waals surface area contributed by atoms with Crippen molar-refractivity contribution in [2.24, 2.45) is 5.73 Å². The molecule has 0 spiro atoms. The number of nitrogens with two attached hydrogens (primary N) is 1. The summed E-state index contributed by atoms with van der Waals surface area (Å²) in [4.78, 5) is 6.69. The van der Waals surface area contributed by atoms with Crippen molar-refractivity contribution in [2.45, 2.75) is 25.7 Å². The molecule has 2 atom stereocenters. The fraction of sp³-hybridized carbons (Fsp3) is 0.583. The minimum absolute atomic E-state index is 0.160. The number of morpholine rings is 1. The van der Waals surface area contributed by atoms with Crippen LogP contribution in [0.5, 0.6) is 0 Å². The Balaban J connectivity index is 1.94. The Bertz CT molecular complexity index is 317. The monoisotopic (exact) mass is 221 g/mol. The molecular formula is C12H19N3O. The maximum absolute atomic E-state index is 5.72. The first-order valence-electron chi connectivity index (χ1n) is 5.75. The van der Waals surface area contributed by atoms with Crippen molar-refractivity contribution in [2.75, 3.05) is 19.6 Å². The van der Waals surface area contributed by atoms with E-state index in [2.05, 4.69) is 22.9 Å². The molecule has 88 valence electrons. The predicted molar refractivity (Wildman–Crippen MR) is 62.9 cm³/mol. The Morgan fingerprint density at radius 1 is 1.50 bits per heavy atom. The van der Waals surface area contributed by atoms with E-state index in [1.54, 1.807) is 0 Å². The lowest BCUT2D eigenvalue weighted by molar-refractivity contribution is -0.0747. The Morgan fingerprint density at radius 2 is 2.38 bits per heavy atom. The maximum Gasteiger partial charge on any atom is 0.0828 e. The molecular weight excluding hydrogens is 202 g/mol. The molecule has 0 radical (unpaired) electrons. The van der Waals surface area contributed by atoms with Crippen LogP contribution in [0.15, 0.2) is 24.4 Å². The van der Waals surface area contributed by atoms with Crippen LogP contribution in [0.4, 0.5) is 0 Å². The average Bonchev–Trinajstić information content (AvgIpc) is 2.29. The molecule has 0 amide bonds. The third-order valence-electron chi connectivity index (χ3n) is 2.78. The van der Waals surface area contributed by atoms with E-state index in [1.165, 1.54) is 0 Å². The molecule has 1 aliphatic rings. The van der Waals surface area contributed by atoms with Gasteiger partial charge in [0.15, 0.2) is 0 Å². The molecule has 4 nitrogen and oxygen atoms in total. The van der Waals surface area contributed by atoms with Crippen LogP contribution in [-0.2, 0) is 11.3 Å². The zero-order chi connectivity index (χ0) is 11.4. The Morgan fingerprint density at radius 3 is 3.06 bits per heavy atom. The van der Waals surface area contributed by atoms with Crippen LogP contribution in [0, 0.1) is 0 Å². The Hall–Kier alpha value is -0.970. The van der Waals surface area contributed by atoms with Crippen LogP contribution in [-0.4, -0.2) is 41.7 Å². The van der Waals surface area contributed by atoms with E-state index in [0.717, 1.165) is 25.3 Å². The fourth-order valence-electron chi connectivity index (χ4n) is 2.12. The summed E-state index contributed by atoms with van der Waals surface area (Å²) in [6, 6.07) is 6.01. The second-order valence-corrected chi connectivity index (χ2v) is 4.32. The highest BCUT2D eigenvalue weighted by molar-refractivity contribution is 5.03. The van der Waals surface area contributed by atoms with Gasteiger partial charge in [-0.15, -0.1) is 0 Å². The van der Waals surface area contributed by atoms with E-state index in [0.29, 0.717) is 6.54 Å². The van der Waals surface area contributed by atoms with Gasteiger partial charge in [0.25, 0.3) is 0 Å². The number of ether oxygens (including phenoxy) is 1. The van der Waals surface area contributed by atoms with Gasteiger partial charge in [-0.2, -0.15) is 0 Å². The predicted octanol–water partition coefficient (Wildman–Crippen LogP) is 0.630. The summed E-state index contributed by atoms with van der Waals surface area (Å²) in [7, 11) is 0. The van der Waals surface area contributed by atoms with Gasteiger partial charge in [0.05, 0.1) is 17.9 Å². The summed E-state index contributed by atoms with van der Waals surface area (Å²) in [6.45, 7) is 5.41. The van der Waals surface area contributed by atoms with E-state index in [9.17, 15) is 0 Å². The topological polar surface area (TPSA) is 51.4 Å². The quantitative estimate of drug-likeness (QED) is 0.813. The smallest absolute Gasteiger partial charge is 0.0828 e. The number of pyridine rings is 1. The van der Waals surface area contributed by atoms with Gasteiger partial charge in [-0.1, -0.05) is 6.07 Å². The van der Waals surface area contributed by atoms with Crippen molar-refractivity contribution in [3.8, 4) is 0 Å². The number of nitrogens with zero attached hydrogens (tertiary/aromatic N) is 2. The minimum atomic E-state index is 0.160. The largest absolute Gasteiger partial charge is 0.371 e. The van der Waals surface area contributed by atoms with Gasteiger partial charge < -0.3 is 10.5 Å². The third kappa shape index (κ3) is 3.01. The van der Waals surface area contributed by atoms with Crippen LogP contribution < -0.4 is 5.73 Å². The van der Waals surface area contributed by atoms with Crippen molar-refractivity contribution >= 4 is 0 Å². The zero-order valence-corrected chi connectivity index (χ0v) is 9.67. The highest BCUT2D eigenvalue weighted by Crippen LogP contribution is 2.12. The summed E-state index contributed by atoms with van der Waals surface area (Å²) >= 11 is 0. The molecule has 0 saturated carbocycles. The van der Waals surface area contributed by atoms with Crippen molar-refractivity contribution in [3.63, 3.8) is 0 Å². The maximum atomic E-state index is 5.72. The van der Waals surface area contributed by atoms with E-state index < -0.39 is 0 Å². The molecule has 1 fully saturated rings. The van der Waals surface area contributed by atoms with Crippen LogP contribution >= 0.6 is 0 Å². The first-order valence-corrected chi connectivity index (χ1v) is 5.75. The first-order chi connectivity index (χ1) is 7.78. The van der Waals surface area contributed by atoms with Gasteiger partial charge in [0.2, 0.25) is 0 Å². The molecule has 2 heterocycles. The molecule has 1 aromatic heterocycles. The minimum Gasteiger partial charge on any atom is -0.371 e. The van der Waals surface area contributed by atoms with E-state index in [1.807, 2.05) is 18.3 Å². The van der Waals surface area contributed by atoms with Crippen molar-refractivity contribution in [1.82, 2.24) is 9.88 Å².